The SMILES string of the molecule is CC(C)CCNC(=O)CN1C(=O)[C@@H]2CCCCN2c2ccc(C(=O)N3CCCC3)cc21. The molecule has 0 aromatic heterocycles. The van der Waals surface area contributed by atoms with Gasteiger partial charge in [-0.05, 0) is 62.6 Å². The average molecular weight is 427 g/mol. The van der Waals surface area contributed by atoms with E-state index in [0.29, 0.717) is 23.7 Å². The number of likely N-dealkylation sites (tertiary alicyclic amines) is 1. The van der Waals surface area contributed by atoms with Crippen molar-refractivity contribution in [2.75, 3.05) is 42.5 Å². The average Bonchev–Trinajstić information content (AvgIpc) is 3.30. The highest BCUT2D eigenvalue weighted by atomic mass is 16.2. The summed E-state index contributed by atoms with van der Waals surface area (Å²) >= 11 is 0. The first kappa shape index (κ1) is 21.7. The maximum atomic E-state index is 13.4. The summed E-state index contributed by atoms with van der Waals surface area (Å²) in [6.07, 6.45) is 5.84. The molecule has 3 aliphatic rings. The van der Waals surface area contributed by atoms with Gasteiger partial charge in [-0.3, -0.25) is 19.3 Å². The van der Waals surface area contributed by atoms with Crippen molar-refractivity contribution >= 4 is 29.1 Å². The quantitative estimate of drug-likeness (QED) is 0.759. The van der Waals surface area contributed by atoms with Crippen molar-refractivity contribution in [1.82, 2.24) is 10.2 Å². The summed E-state index contributed by atoms with van der Waals surface area (Å²) in [5.41, 5.74) is 2.23. The predicted molar refractivity (Wildman–Crippen MR) is 121 cm³/mol. The molecule has 4 rings (SSSR count). The van der Waals surface area contributed by atoms with Crippen LogP contribution in [0.3, 0.4) is 0 Å². The maximum absolute atomic E-state index is 13.4. The fourth-order valence-electron chi connectivity index (χ4n) is 4.86. The second kappa shape index (κ2) is 9.28. The Hall–Kier alpha value is -2.57. The van der Waals surface area contributed by atoms with E-state index in [1.54, 1.807) is 4.90 Å². The van der Waals surface area contributed by atoms with E-state index in [-0.39, 0.29) is 30.3 Å². The fourth-order valence-corrected chi connectivity index (χ4v) is 4.86. The highest BCUT2D eigenvalue weighted by molar-refractivity contribution is 6.09. The van der Waals surface area contributed by atoms with E-state index in [1.807, 2.05) is 23.1 Å². The Morgan fingerprint density at radius 2 is 1.81 bits per heavy atom. The molecule has 1 N–H and O–H groups in total. The number of hydrogen-bond acceptors (Lipinski definition) is 4. The fraction of sp³-hybridized carbons (Fsp3) is 0.625. The van der Waals surface area contributed by atoms with Crippen LogP contribution in [0.25, 0.3) is 0 Å². The smallest absolute Gasteiger partial charge is 0.253 e. The molecule has 2 saturated heterocycles. The Labute approximate surface area is 184 Å². The molecule has 3 amide bonds. The molecule has 1 atom stereocenters. The number of hydrogen-bond donors (Lipinski definition) is 1. The molecule has 1 aromatic rings. The molecule has 0 spiro atoms. The van der Waals surface area contributed by atoms with E-state index in [1.165, 1.54) is 0 Å². The van der Waals surface area contributed by atoms with Gasteiger partial charge in [-0.15, -0.1) is 0 Å². The Morgan fingerprint density at radius 1 is 1.06 bits per heavy atom. The minimum absolute atomic E-state index is 0.00434. The molecule has 7 heteroatoms. The van der Waals surface area contributed by atoms with Crippen LogP contribution in [0.1, 0.15) is 62.7 Å². The van der Waals surface area contributed by atoms with Gasteiger partial charge in [0.25, 0.3) is 5.91 Å². The molecule has 0 bridgehead atoms. The monoisotopic (exact) mass is 426 g/mol. The predicted octanol–water partition coefficient (Wildman–Crippen LogP) is 2.79. The Bertz CT molecular complexity index is 847. The van der Waals surface area contributed by atoms with E-state index in [2.05, 4.69) is 24.1 Å². The second-order valence-electron chi connectivity index (χ2n) is 9.36. The molecule has 0 radical (unpaired) electrons. The minimum atomic E-state index is -0.218. The lowest BCUT2D eigenvalue weighted by atomic mass is 9.95. The van der Waals surface area contributed by atoms with Gasteiger partial charge in [-0.1, -0.05) is 13.8 Å². The van der Waals surface area contributed by atoms with E-state index >= 15 is 0 Å². The normalized spacial score (nSPS) is 20.7. The third-order valence-corrected chi connectivity index (χ3v) is 6.62. The van der Waals surface area contributed by atoms with E-state index in [4.69, 9.17) is 0 Å². The number of benzene rings is 1. The van der Waals surface area contributed by atoms with Crippen LogP contribution in [-0.2, 0) is 9.59 Å². The number of carbonyl (C=O) groups excluding carboxylic acids is 3. The zero-order valence-corrected chi connectivity index (χ0v) is 18.7. The van der Waals surface area contributed by atoms with Crippen molar-refractivity contribution < 1.29 is 14.4 Å². The first-order chi connectivity index (χ1) is 15.0. The largest absolute Gasteiger partial charge is 0.358 e. The van der Waals surface area contributed by atoms with Crippen molar-refractivity contribution in [1.29, 1.82) is 0 Å². The number of amides is 3. The van der Waals surface area contributed by atoms with Gasteiger partial charge < -0.3 is 15.1 Å². The Morgan fingerprint density at radius 3 is 2.55 bits per heavy atom. The van der Waals surface area contributed by atoms with Crippen LogP contribution in [0.5, 0.6) is 0 Å². The first-order valence-corrected chi connectivity index (χ1v) is 11.7. The number of carbonyl (C=O) groups is 3. The number of rotatable bonds is 6. The first-order valence-electron chi connectivity index (χ1n) is 11.7. The molecular weight excluding hydrogens is 392 g/mol. The molecule has 1 aromatic carbocycles. The Balaban J connectivity index is 1.61. The molecule has 3 aliphatic heterocycles. The van der Waals surface area contributed by atoms with Crippen LogP contribution in [0, 0.1) is 5.92 Å². The third-order valence-electron chi connectivity index (χ3n) is 6.62. The summed E-state index contributed by atoms with van der Waals surface area (Å²) in [5, 5.41) is 2.95. The topological polar surface area (TPSA) is 73.0 Å². The van der Waals surface area contributed by atoms with Gasteiger partial charge in [-0.25, -0.2) is 0 Å². The number of nitrogens with one attached hydrogen (secondary N) is 1. The summed E-state index contributed by atoms with van der Waals surface area (Å²) in [7, 11) is 0. The molecule has 0 saturated carbocycles. The van der Waals surface area contributed by atoms with Crippen LogP contribution in [-0.4, -0.2) is 61.4 Å². The standard InChI is InChI=1S/C24H34N4O3/c1-17(2)10-11-25-22(29)16-28-21-15-18(23(30)26-12-5-6-13-26)8-9-19(21)27-14-4-3-7-20(27)24(28)31/h8-9,15,17,20H,3-7,10-14,16H2,1-2H3,(H,25,29)/t20-/m0/s1. The summed E-state index contributed by atoms with van der Waals surface area (Å²) in [6, 6.07) is 5.44. The van der Waals surface area contributed by atoms with Gasteiger partial charge in [-0.2, -0.15) is 0 Å². The number of piperidine rings is 1. The van der Waals surface area contributed by atoms with Crippen molar-refractivity contribution in [2.24, 2.45) is 5.92 Å². The summed E-state index contributed by atoms with van der Waals surface area (Å²) in [5.74, 6) is 0.333. The van der Waals surface area contributed by atoms with Gasteiger partial charge in [0, 0.05) is 31.7 Å². The lowest BCUT2D eigenvalue weighted by Gasteiger charge is -2.45. The van der Waals surface area contributed by atoms with Crippen molar-refractivity contribution in [3.63, 3.8) is 0 Å². The second-order valence-corrected chi connectivity index (χ2v) is 9.36. The summed E-state index contributed by atoms with van der Waals surface area (Å²) < 4.78 is 0. The lowest BCUT2D eigenvalue weighted by Crippen LogP contribution is -2.57. The molecule has 3 heterocycles. The van der Waals surface area contributed by atoms with Gasteiger partial charge in [0.1, 0.15) is 12.6 Å². The number of fused-ring (bicyclic) bond motifs is 3. The molecule has 31 heavy (non-hydrogen) atoms. The molecule has 2 fully saturated rings. The highest BCUT2D eigenvalue weighted by Crippen LogP contribution is 2.40. The van der Waals surface area contributed by atoms with Crippen LogP contribution < -0.4 is 15.1 Å². The number of anilines is 2. The maximum Gasteiger partial charge on any atom is 0.253 e. The van der Waals surface area contributed by atoms with Gasteiger partial charge in [0.2, 0.25) is 11.8 Å². The molecule has 7 nitrogen and oxygen atoms in total. The molecule has 0 unspecified atom stereocenters. The van der Waals surface area contributed by atoms with Crippen LogP contribution in [0.4, 0.5) is 11.4 Å². The third kappa shape index (κ3) is 4.55. The zero-order chi connectivity index (χ0) is 22.0. The van der Waals surface area contributed by atoms with Gasteiger partial charge in [0.15, 0.2) is 0 Å². The van der Waals surface area contributed by atoms with E-state index in [9.17, 15) is 14.4 Å². The Kier molecular flexibility index (Phi) is 6.49. The van der Waals surface area contributed by atoms with Crippen LogP contribution in [0.2, 0.25) is 0 Å². The van der Waals surface area contributed by atoms with Crippen molar-refractivity contribution in [2.45, 2.75) is 58.4 Å². The minimum Gasteiger partial charge on any atom is -0.358 e. The van der Waals surface area contributed by atoms with Crippen molar-refractivity contribution in [3.8, 4) is 0 Å². The van der Waals surface area contributed by atoms with Crippen LogP contribution in [0.15, 0.2) is 18.2 Å². The highest BCUT2D eigenvalue weighted by Gasteiger charge is 2.40. The van der Waals surface area contributed by atoms with E-state index < -0.39 is 0 Å². The van der Waals surface area contributed by atoms with Crippen molar-refractivity contribution in [3.05, 3.63) is 23.8 Å². The van der Waals surface area contributed by atoms with Gasteiger partial charge in [0.05, 0.1) is 11.4 Å². The lowest BCUT2D eigenvalue weighted by molar-refractivity contribution is -0.125. The summed E-state index contributed by atoms with van der Waals surface area (Å²) in [4.78, 5) is 44.6. The molecular formula is C24H34N4O3. The molecule has 0 aliphatic carbocycles. The number of nitrogens with zero attached hydrogens (tertiary/aromatic N) is 3. The zero-order valence-electron chi connectivity index (χ0n) is 18.7. The van der Waals surface area contributed by atoms with Gasteiger partial charge >= 0.3 is 0 Å². The van der Waals surface area contributed by atoms with Crippen LogP contribution >= 0.6 is 0 Å². The molecule has 168 valence electrons. The summed E-state index contributed by atoms with van der Waals surface area (Å²) in [6.45, 7) is 7.23. The van der Waals surface area contributed by atoms with E-state index in [0.717, 1.165) is 63.8 Å².